The molecule has 0 radical (unpaired) electrons. The molecule has 0 fully saturated rings. The minimum atomic E-state index is -1.23. The van der Waals surface area contributed by atoms with Gasteiger partial charge in [0.15, 0.2) is 16.6 Å². The summed E-state index contributed by atoms with van der Waals surface area (Å²) in [7, 11) is 0.177. The summed E-state index contributed by atoms with van der Waals surface area (Å²) >= 11 is 0. The van der Waals surface area contributed by atoms with E-state index in [1.54, 1.807) is 14.2 Å². The van der Waals surface area contributed by atoms with Crippen LogP contribution in [0.2, 0.25) is 65.5 Å². The van der Waals surface area contributed by atoms with Crippen molar-refractivity contribution < 1.29 is 8.85 Å². The molecule has 11 aromatic carbocycles. The predicted molar refractivity (Wildman–Crippen MR) is 628 cm³/mol. The highest BCUT2D eigenvalue weighted by Crippen LogP contribution is 2.12. The highest BCUT2D eigenvalue weighted by atomic mass is 28.4. The monoisotopic (exact) mass is 1810 g/mol. The van der Waals surface area contributed by atoms with Crippen LogP contribution >= 0.6 is 0 Å². The maximum absolute atomic E-state index is 5.90. The van der Waals surface area contributed by atoms with Gasteiger partial charge in [-0.2, -0.15) is 0 Å². The maximum atomic E-state index is 5.90. The van der Waals surface area contributed by atoms with E-state index in [1.165, 1.54) is 0 Å². The molecule has 744 valence electrons. The van der Waals surface area contributed by atoms with Crippen molar-refractivity contribution >= 4 is 24.7 Å². The molecule has 2 nitrogen and oxygen atoms in total. The van der Waals surface area contributed by atoms with Crippen molar-refractivity contribution in [1.29, 1.82) is 0 Å². The summed E-state index contributed by atoms with van der Waals surface area (Å²) in [6.45, 7) is 108. The maximum Gasteiger partial charge on any atom is 0.170 e. The molecule has 11 aromatic rings. The molecular formula is C122H232O2Si3. The topological polar surface area (TPSA) is 18.5 Å². The van der Waals surface area contributed by atoms with E-state index in [0.29, 0.717) is 5.41 Å². The van der Waals surface area contributed by atoms with E-state index in [4.69, 9.17) is 4.12 Å². The van der Waals surface area contributed by atoms with Crippen LogP contribution < -0.4 is 0 Å². The lowest BCUT2D eigenvalue weighted by molar-refractivity contribution is 0.277. The second-order valence-electron chi connectivity index (χ2n) is 23.4. The molecule has 0 bridgehead atoms. The number of methoxy groups -OCH3 is 1. The summed E-state index contributed by atoms with van der Waals surface area (Å²) in [5, 5.41) is 0. The van der Waals surface area contributed by atoms with E-state index in [-0.39, 0.29) is 7.43 Å². The third-order valence-electron chi connectivity index (χ3n) is 7.95. The van der Waals surface area contributed by atoms with Crippen LogP contribution in [0.4, 0.5) is 0 Å². The Labute approximate surface area is 811 Å². The Morgan fingerprint density at radius 3 is 0.157 bits per heavy atom. The van der Waals surface area contributed by atoms with Gasteiger partial charge in [0.05, 0.1) is 0 Å². The average Bonchev–Trinajstić information content (AvgIpc) is 0.913. The Kier molecular flexibility index (Phi) is 331. The molecule has 11 rings (SSSR count). The highest BCUT2D eigenvalue weighted by molar-refractivity contribution is 6.83. The molecule has 0 amide bonds. The SMILES string of the molecule is C.CC.CC.CC.CC.CC.CC.CC.CC.CC.CC.CC.CC.CC.CC.CC.CC.CC.CC.CC.CC(C)(C)C.COC.C[Si](C)(C)C.C[Si](C)(C)O[Si](C)(C)C.c1ccccc1.c1ccccc1.c1ccccc1.c1ccccc1.c1ccccc1.c1ccccc1.c1ccccc1.c1ccccc1.c1ccccc1.c1ccccc1.c1ccccc1. The Hall–Kier alpha value is -8.01. The van der Waals surface area contributed by atoms with E-state index >= 15 is 0 Å². The van der Waals surface area contributed by atoms with Crippen molar-refractivity contribution in [2.75, 3.05) is 14.2 Å². The Morgan fingerprint density at radius 1 is 0.126 bits per heavy atom. The lowest BCUT2D eigenvalue weighted by Gasteiger charge is -2.27. The van der Waals surface area contributed by atoms with Gasteiger partial charge in [0.2, 0.25) is 0 Å². The Balaban J connectivity index is -0.0000000397. The Morgan fingerprint density at radius 2 is 0.150 bits per heavy atom. The Bertz CT molecular complexity index is 1820. The molecule has 0 saturated carbocycles. The average molecular weight is 1820 g/mol. The molecule has 0 aliphatic heterocycles. The third kappa shape index (κ3) is 388. The van der Waals surface area contributed by atoms with Crippen LogP contribution in [0.25, 0.3) is 0 Å². The van der Waals surface area contributed by atoms with E-state index in [9.17, 15) is 0 Å². The van der Waals surface area contributed by atoms with E-state index in [2.05, 4.69) is 97.9 Å². The molecular weight excluding hydrogens is 1580 g/mol. The van der Waals surface area contributed by atoms with Gasteiger partial charge in [-0.25, -0.2) is 0 Å². The fourth-order valence-electron chi connectivity index (χ4n) is 5.15. The highest BCUT2D eigenvalue weighted by Gasteiger charge is 2.24. The van der Waals surface area contributed by atoms with Crippen molar-refractivity contribution in [2.45, 2.75) is 364 Å². The van der Waals surface area contributed by atoms with E-state index in [1.807, 2.05) is 663 Å². The third-order valence-corrected chi connectivity index (χ3v) is 12.8. The van der Waals surface area contributed by atoms with Gasteiger partial charge in [-0.15, -0.1) is 0 Å². The van der Waals surface area contributed by atoms with Crippen LogP contribution in [0, 0.1) is 5.41 Å². The van der Waals surface area contributed by atoms with Crippen LogP contribution in [0.15, 0.2) is 400 Å². The number of ether oxygens (including phenoxy) is 1. The quantitative estimate of drug-likeness (QED) is 0.161. The zero-order valence-corrected chi connectivity index (χ0v) is 97.9. The summed E-state index contributed by atoms with van der Waals surface area (Å²) in [5.74, 6) is 0. The molecule has 0 saturated heterocycles. The molecule has 5 heteroatoms. The molecule has 0 spiro atoms. The summed E-state index contributed by atoms with van der Waals surface area (Å²) in [6.07, 6.45) is 0. The zero-order chi connectivity index (χ0) is 104. The summed E-state index contributed by atoms with van der Waals surface area (Å²) < 4.78 is 10.2. The molecule has 127 heavy (non-hydrogen) atoms. The summed E-state index contributed by atoms with van der Waals surface area (Å²) in [5.41, 5.74) is 0.500. The molecule has 0 N–H and O–H groups in total. The lowest BCUT2D eigenvalue weighted by atomic mass is 10.0. The minimum Gasteiger partial charge on any atom is -0.456 e. The van der Waals surface area contributed by atoms with Gasteiger partial charge in [0.25, 0.3) is 0 Å². The molecule has 0 aliphatic rings. The second kappa shape index (κ2) is 229. The van der Waals surface area contributed by atoms with Crippen molar-refractivity contribution in [2.24, 2.45) is 5.41 Å². The van der Waals surface area contributed by atoms with Crippen molar-refractivity contribution in [1.82, 2.24) is 0 Å². The zero-order valence-electron chi connectivity index (χ0n) is 94.9. The van der Waals surface area contributed by atoms with Gasteiger partial charge in [0, 0.05) is 22.3 Å². The van der Waals surface area contributed by atoms with Gasteiger partial charge in [-0.3, -0.25) is 0 Å². The van der Waals surface area contributed by atoms with Gasteiger partial charge in [-0.05, 0) is 44.7 Å². The normalized spacial score (nSPS) is 7.13. The molecule has 0 atom stereocenters. The first kappa shape index (κ1) is 184. The number of hydrogen-bond acceptors (Lipinski definition) is 2. The van der Waals surface area contributed by atoms with Crippen molar-refractivity contribution in [3.8, 4) is 0 Å². The van der Waals surface area contributed by atoms with Gasteiger partial charge < -0.3 is 8.85 Å². The fourth-order valence-corrected chi connectivity index (χ4v) is 12.5. The number of rotatable bonds is 2. The predicted octanol–water partition coefficient (Wildman–Crippen LogP) is 45.6. The van der Waals surface area contributed by atoms with Crippen LogP contribution in [0.1, 0.15) is 298 Å². The van der Waals surface area contributed by atoms with Gasteiger partial charge >= 0.3 is 0 Å². The summed E-state index contributed by atoms with van der Waals surface area (Å²) in [4.78, 5) is 0. The first-order valence-electron chi connectivity index (χ1n) is 49.2. The van der Waals surface area contributed by atoms with Gasteiger partial charge in [-0.1, -0.05) is 725 Å². The largest absolute Gasteiger partial charge is 0.456 e. The van der Waals surface area contributed by atoms with Gasteiger partial charge in [0.1, 0.15) is 0 Å². The second-order valence-corrected chi connectivity index (χ2v) is 38.7. The standard InChI is InChI=1S/C6H18OSi2.11C6H6.C5H12.C4H12Si.C2H6O.19C2H6.CH4/c1-8(2,3)7-9(4,5)6;11*1-2-4-6-5-3-1;2*1-5(2,3)4;1-3-2;19*1-2;/h1-6H3;11*1-6H;2*1-4H3;1-2H3;19*1-2H3;1H4. The number of benzene rings is 11. The van der Waals surface area contributed by atoms with E-state index < -0.39 is 24.7 Å². The smallest absolute Gasteiger partial charge is 0.170 e. The lowest BCUT2D eigenvalue weighted by Crippen LogP contribution is -2.39. The molecule has 0 aliphatic carbocycles. The first-order chi connectivity index (χ1) is 61.1. The van der Waals surface area contributed by atoms with Crippen LogP contribution in [0.3, 0.4) is 0 Å². The van der Waals surface area contributed by atoms with Crippen molar-refractivity contribution in [3.05, 3.63) is 400 Å². The van der Waals surface area contributed by atoms with E-state index in [0.717, 1.165) is 0 Å². The first-order valence-corrected chi connectivity index (χ1v) is 60.0. The van der Waals surface area contributed by atoms with Crippen LogP contribution in [-0.2, 0) is 8.85 Å². The fraction of sp³-hybridized carbons (Fsp3) is 0.459. The summed E-state index contributed by atoms with van der Waals surface area (Å²) in [6, 6.07) is 132. The van der Waals surface area contributed by atoms with Crippen molar-refractivity contribution in [3.63, 3.8) is 0 Å². The number of hydrogen-bond donors (Lipinski definition) is 0. The van der Waals surface area contributed by atoms with Crippen LogP contribution in [-0.4, -0.2) is 38.9 Å². The molecule has 0 unspecified atom stereocenters. The minimum absolute atomic E-state index is 0. The van der Waals surface area contributed by atoms with Crippen LogP contribution in [0.5, 0.6) is 0 Å². The molecule has 0 heterocycles. The molecule has 0 aromatic heterocycles.